The minimum absolute atomic E-state index is 0.336. The predicted molar refractivity (Wildman–Crippen MR) is 50.9 cm³/mol. The molecule has 70 valence electrons. The average Bonchev–Trinajstić information content (AvgIpc) is 2.63. The molecule has 0 amide bonds. The van der Waals surface area contributed by atoms with Crippen molar-refractivity contribution in [1.82, 2.24) is 0 Å². The van der Waals surface area contributed by atoms with E-state index in [0.29, 0.717) is 0 Å². The topological polar surface area (TPSA) is 29.5 Å². The van der Waals surface area contributed by atoms with Gasteiger partial charge in [-0.05, 0) is 18.1 Å². The van der Waals surface area contributed by atoms with E-state index in [1.165, 1.54) is 5.56 Å². The number of fused-ring (bicyclic) bond motifs is 1. The van der Waals surface area contributed by atoms with Crippen LogP contribution in [0.25, 0.3) is 0 Å². The first kappa shape index (κ1) is 8.57. The molecule has 2 heteroatoms. The highest BCUT2D eigenvalue weighted by molar-refractivity contribution is 5.43. The molecular formula is C11H14O2. The van der Waals surface area contributed by atoms with Crippen LogP contribution >= 0.6 is 0 Å². The zero-order chi connectivity index (χ0) is 9.26. The molecule has 0 aliphatic carbocycles. The summed E-state index contributed by atoms with van der Waals surface area (Å²) in [5, 5.41) is 9.74. The van der Waals surface area contributed by atoms with Crippen LogP contribution in [-0.2, 0) is 6.42 Å². The van der Waals surface area contributed by atoms with Gasteiger partial charge in [0.2, 0.25) is 0 Å². The quantitative estimate of drug-likeness (QED) is 0.751. The minimum Gasteiger partial charge on any atom is -0.493 e. The summed E-state index contributed by atoms with van der Waals surface area (Å²) in [6.45, 7) is 2.74. The summed E-state index contributed by atoms with van der Waals surface area (Å²) in [6.07, 6.45) is 1.36. The van der Waals surface area contributed by atoms with Gasteiger partial charge in [-0.15, -0.1) is 0 Å². The number of rotatable bonds is 2. The van der Waals surface area contributed by atoms with Crippen molar-refractivity contribution >= 4 is 0 Å². The molecule has 1 unspecified atom stereocenters. The summed E-state index contributed by atoms with van der Waals surface area (Å²) in [7, 11) is 0. The monoisotopic (exact) mass is 178 g/mol. The molecule has 1 atom stereocenters. The van der Waals surface area contributed by atoms with Crippen LogP contribution in [0.5, 0.6) is 5.75 Å². The highest BCUT2D eigenvalue weighted by atomic mass is 16.5. The van der Waals surface area contributed by atoms with Gasteiger partial charge in [-0.1, -0.05) is 19.1 Å². The maximum absolute atomic E-state index is 9.74. The summed E-state index contributed by atoms with van der Waals surface area (Å²) in [5.74, 6) is 0.949. The Bertz CT molecular complexity index is 307. The Morgan fingerprint density at radius 1 is 1.54 bits per heavy atom. The van der Waals surface area contributed by atoms with Gasteiger partial charge in [-0.25, -0.2) is 0 Å². The molecule has 1 aromatic carbocycles. The Morgan fingerprint density at radius 2 is 2.38 bits per heavy atom. The molecule has 1 aliphatic heterocycles. The minimum atomic E-state index is -0.336. The predicted octanol–water partition coefficient (Wildman–Crippen LogP) is 2.06. The SMILES string of the molecule is CCC(O)c1cccc2c1CCO2. The molecule has 0 spiro atoms. The number of hydrogen-bond donors (Lipinski definition) is 1. The molecule has 2 rings (SSSR count). The Balaban J connectivity index is 2.41. The van der Waals surface area contributed by atoms with E-state index in [9.17, 15) is 5.11 Å². The molecule has 1 aliphatic rings. The maximum atomic E-state index is 9.74. The lowest BCUT2D eigenvalue weighted by molar-refractivity contribution is 0.173. The van der Waals surface area contributed by atoms with Gasteiger partial charge in [0.05, 0.1) is 12.7 Å². The summed E-state index contributed by atoms with van der Waals surface area (Å²) >= 11 is 0. The second kappa shape index (κ2) is 3.38. The Hall–Kier alpha value is -1.02. The fourth-order valence-electron chi connectivity index (χ4n) is 1.78. The van der Waals surface area contributed by atoms with Gasteiger partial charge < -0.3 is 9.84 Å². The van der Waals surface area contributed by atoms with Crippen molar-refractivity contribution in [3.05, 3.63) is 29.3 Å². The average molecular weight is 178 g/mol. The number of hydrogen-bond acceptors (Lipinski definition) is 2. The lowest BCUT2D eigenvalue weighted by Gasteiger charge is -2.11. The van der Waals surface area contributed by atoms with E-state index in [0.717, 1.165) is 30.8 Å². The van der Waals surface area contributed by atoms with Crippen molar-refractivity contribution in [2.75, 3.05) is 6.61 Å². The van der Waals surface area contributed by atoms with E-state index in [2.05, 4.69) is 0 Å². The van der Waals surface area contributed by atoms with Gasteiger partial charge in [0, 0.05) is 12.0 Å². The first-order chi connectivity index (χ1) is 6.33. The maximum Gasteiger partial charge on any atom is 0.122 e. The van der Waals surface area contributed by atoms with Crippen LogP contribution in [0.3, 0.4) is 0 Å². The van der Waals surface area contributed by atoms with Crippen molar-refractivity contribution in [1.29, 1.82) is 0 Å². The van der Waals surface area contributed by atoms with E-state index >= 15 is 0 Å². The summed E-state index contributed by atoms with van der Waals surface area (Å²) in [5.41, 5.74) is 2.23. The second-order valence-electron chi connectivity index (χ2n) is 3.35. The highest BCUT2D eigenvalue weighted by Crippen LogP contribution is 2.32. The van der Waals surface area contributed by atoms with Crippen molar-refractivity contribution in [3.8, 4) is 5.75 Å². The van der Waals surface area contributed by atoms with Gasteiger partial charge in [0.1, 0.15) is 5.75 Å². The zero-order valence-electron chi connectivity index (χ0n) is 7.79. The molecule has 2 nitrogen and oxygen atoms in total. The van der Waals surface area contributed by atoms with Crippen LogP contribution in [0.15, 0.2) is 18.2 Å². The number of ether oxygens (including phenoxy) is 1. The fraction of sp³-hybridized carbons (Fsp3) is 0.455. The third-order valence-electron chi connectivity index (χ3n) is 2.52. The largest absolute Gasteiger partial charge is 0.493 e. The van der Waals surface area contributed by atoms with E-state index in [1.807, 2.05) is 25.1 Å². The molecule has 1 N–H and O–H groups in total. The Labute approximate surface area is 78.2 Å². The van der Waals surface area contributed by atoms with Gasteiger partial charge in [0.15, 0.2) is 0 Å². The van der Waals surface area contributed by atoms with Crippen molar-refractivity contribution in [3.63, 3.8) is 0 Å². The molecule has 0 aromatic heterocycles. The van der Waals surface area contributed by atoms with Crippen LogP contribution < -0.4 is 4.74 Å². The molecule has 0 fully saturated rings. The van der Waals surface area contributed by atoms with Crippen LogP contribution in [-0.4, -0.2) is 11.7 Å². The molecule has 1 aromatic rings. The summed E-state index contributed by atoms with van der Waals surface area (Å²) in [4.78, 5) is 0. The summed E-state index contributed by atoms with van der Waals surface area (Å²) < 4.78 is 5.42. The number of aliphatic hydroxyl groups excluding tert-OH is 1. The van der Waals surface area contributed by atoms with Gasteiger partial charge >= 0.3 is 0 Å². The highest BCUT2D eigenvalue weighted by Gasteiger charge is 2.18. The van der Waals surface area contributed by atoms with Crippen LogP contribution in [0.1, 0.15) is 30.6 Å². The molecular weight excluding hydrogens is 164 g/mol. The third-order valence-corrected chi connectivity index (χ3v) is 2.52. The first-order valence-electron chi connectivity index (χ1n) is 4.75. The Kier molecular flexibility index (Phi) is 2.23. The normalized spacial score (nSPS) is 16.5. The summed E-state index contributed by atoms with van der Waals surface area (Å²) in [6, 6.07) is 5.90. The van der Waals surface area contributed by atoms with Crippen LogP contribution in [0.4, 0.5) is 0 Å². The van der Waals surface area contributed by atoms with Crippen molar-refractivity contribution in [2.45, 2.75) is 25.9 Å². The van der Waals surface area contributed by atoms with E-state index < -0.39 is 0 Å². The fourth-order valence-corrected chi connectivity index (χ4v) is 1.78. The van der Waals surface area contributed by atoms with Crippen LogP contribution in [0.2, 0.25) is 0 Å². The standard InChI is InChI=1S/C11H14O2/c1-2-10(12)8-4-3-5-11-9(8)6-7-13-11/h3-5,10,12H,2,6-7H2,1H3. The molecule has 13 heavy (non-hydrogen) atoms. The molecule has 0 bridgehead atoms. The van der Waals surface area contributed by atoms with Gasteiger partial charge in [-0.3, -0.25) is 0 Å². The molecule has 0 saturated heterocycles. The van der Waals surface area contributed by atoms with Crippen LogP contribution in [0, 0.1) is 0 Å². The number of aliphatic hydroxyl groups is 1. The lowest BCUT2D eigenvalue weighted by atomic mass is 9.99. The van der Waals surface area contributed by atoms with Gasteiger partial charge in [-0.2, -0.15) is 0 Å². The van der Waals surface area contributed by atoms with Crippen molar-refractivity contribution in [2.24, 2.45) is 0 Å². The third kappa shape index (κ3) is 1.42. The second-order valence-corrected chi connectivity index (χ2v) is 3.35. The molecule has 1 heterocycles. The van der Waals surface area contributed by atoms with E-state index in [-0.39, 0.29) is 6.10 Å². The van der Waals surface area contributed by atoms with Crippen molar-refractivity contribution < 1.29 is 9.84 Å². The van der Waals surface area contributed by atoms with Gasteiger partial charge in [0.25, 0.3) is 0 Å². The van der Waals surface area contributed by atoms with E-state index in [4.69, 9.17) is 4.74 Å². The first-order valence-corrected chi connectivity index (χ1v) is 4.75. The zero-order valence-corrected chi connectivity index (χ0v) is 7.79. The van der Waals surface area contributed by atoms with E-state index in [1.54, 1.807) is 0 Å². The smallest absolute Gasteiger partial charge is 0.122 e. The lowest BCUT2D eigenvalue weighted by Crippen LogP contribution is -1.98. The number of benzene rings is 1. The molecule has 0 radical (unpaired) electrons. The Morgan fingerprint density at radius 3 is 3.15 bits per heavy atom. The molecule has 0 saturated carbocycles.